The SMILES string of the molecule is C#CC[C@@H](O)C(CC)CC. The number of terminal acetylenes is 1. The first-order valence-corrected chi connectivity index (χ1v) is 3.87. The van der Waals surface area contributed by atoms with Crippen LogP contribution in [0.4, 0.5) is 0 Å². The first-order chi connectivity index (χ1) is 4.76. The van der Waals surface area contributed by atoms with Gasteiger partial charge in [0.25, 0.3) is 0 Å². The Morgan fingerprint density at radius 1 is 1.40 bits per heavy atom. The van der Waals surface area contributed by atoms with Crippen LogP contribution in [0.3, 0.4) is 0 Å². The van der Waals surface area contributed by atoms with Crippen molar-refractivity contribution in [3.63, 3.8) is 0 Å². The molecule has 0 amide bonds. The molecule has 1 heteroatoms. The summed E-state index contributed by atoms with van der Waals surface area (Å²) >= 11 is 0. The molecule has 0 spiro atoms. The molecule has 1 atom stereocenters. The van der Waals surface area contributed by atoms with Crippen LogP contribution in [0.5, 0.6) is 0 Å². The van der Waals surface area contributed by atoms with E-state index in [4.69, 9.17) is 6.42 Å². The van der Waals surface area contributed by atoms with E-state index < -0.39 is 0 Å². The molecule has 0 fully saturated rings. The predicted octanol–water partition coefficient (Wildman–Crippen LogP) is 1.81. The molecule has 0 saturated heterocycles. The fourth-order valence-electron chi connectivity index (χ4n) is 1.12. The van der Waals surface area contributed by atoms with Crippen molar-refractivity contribution in [2.45, 2.75) is 39.2 Å². The Morgan fingerprint density at radius 2 is 1.90 bits per heavy atom. The van der Waals surface area contributed by atoms with Gasteiger partial charge in [0, 0.05) is 6.42 Å². The molecule has 0 aromatic rings. The second-order valence-electron chi connectivity index (χ2n) is 2.55. The zero-order valence-electron chi connectivity index (χ0n) is 6.80. The standard InChI is InChI=1S/C9H16O/c1-4-7-9(10)8(5-2)6-3/h1,8-10H,5-7H2,2-3H3/t9-/m1/s1. The Labute approximate surface area is 63.5 Å². The highest BCUT2D eigenvalue weighted by Crippen LogP contribution is 2.14. The Morgan fingerprint density at radius 3 is 2.20 bits per heavy atom. The Bertz CT molecular complexity index is 108. The predicted molar refractivity (Wildman–Crippen MR) is 43.5 cm³/mol. The molecular formula is C9H16O. The first-order valence-electron chi connectivity index (χ1n) is 3.87. The molecule has 0 aliphatic rings. The van der Waals surface area contributed by atoms with Gasteiger partial charge in [-0.2, -0.15) is 0 Å². The molecule has 0 aromatic carbocycles. The van der Waals surface area contributed by atoms with Crippen molar-refractivity contribution in [1.82, 2.24) is 0 Å². The third-order valence-electron chi connectivity index (χ3n) is 1.92. The van der Waals surface area contributed by atoms with Gasteiger partial charge in [0.05, 0.1) is 6.10 Å². The maximum Gasteiger partial charge on any atom is 0.0677 e. The van der Waals surface area contributed by atoms with Gasteiger partial charge < -0.3 is 5.11 Å². The van der Waals surface area contributed by atoms with E-state index >= 15 is 0 Å². The van der Waals surface area contributed by atoms with Crippen LogP contribution < -0.4 is 0 Å². The normalized spacial score (nSPS) is 13.1. The van der Waals surface area contributed by atoms with Crippen LogP contribution in [0.2, 0.25) is 0 Å². The minimum Gasteiger partial charge on any atom is -0.392 e. The minimum absolute atomic E-state index is 0.292. The minimum atomic E-state index is -0.292. The number of rotatable bonds is 4. The van der Waals surface area contributed by atoms with Crippen molar-refractivity contribution in [2.75, 3.05) is 0 Å². The molecule has 0 aliphatic heterocycles. The Balaban J connectivity index is 3.66. The zero-order chi connectivity index (χ0) is 7.98. The van der Waals surface area contributed by atoms with E-state index in [2.05, 4.69) is 19.8 Å². The lowest BCUT2D eigenvalue weighted by molar-refractivity contribution is 0.107. The molecular weight excluding hydrogens is 124 g/mol. The maximum absolute atomic E-state index is 9.37. The van der Waals surface area contributed by atoms with E-state index in [1.165, 1.54) is 0 Å². The van der Waals surface area contributed by atoms with E-state index in [0.29, 0.717) is 12.3 Å². The fourth-order valence-corrected chi connectivity index (χ4v) is 1.12. The van der Waals surface area contributed by atoms with Crippen molar-refractivity contribution in [2.24, 2.45) is 5.92 Å². The van der Waals surface area contributed by atoms with Crippen molar-refractivity contribution in [1.29, 1.82) is 0 Å². The van der Waals surface area contributed by atoms with Gasteiger partial charge in [-0.15, -0.1) is 12.3 Å². The Kier molecular flexibility index (Phi) is 5.06. The summed E-state index contributed by atoms with van der Waals surface area (Å²) in [5.74, 6) is 2.85. The van der Waals surface area contributed by atoms with Crippen molar-refractivity contribution in [3.8, 4) is 12.3 Å². The van der Waals surface area contributed by atoms with Crippen LogP contribution in [0, 0.1) is 18.3 Å². The second kappa shape index (κ2) is 5.32. The van der Waals surface area contributed by atoms with Gasteiger partial charge >= 0.3 is 0 Å². The van der Waals surface area contributed by atoms with Crippen LogP contribution in [-0.2, 0) is 0 Å². The van der Waals surface area contributed by atoms with E-state index in [-0.39, 0.29) is 6.10 Å². The lowest BCUT2D eigenvalue weighted by Gasteiger charge is -2.17. The van der Waals surface area contributed by atoms with Crippen LogP contribution in [0.25, 0.3) is 0 Å². The number of hydrogen-bond acceptors (Lipinski definition) is 1. The van der Waals surface area contributed by atoms with E-state index in [1.807, 2.05) is 0 Å². The van der Waals surface area contributed by atoms with Crippen molar-refractivity contribution in [3.05, 3.63) is 0 Å². The zero-order valence-corrected chi connectivity index (χ0v) is 6.80. The highest BCUT2D eigenvalue weighted by Gasteiger charge is 2.13. The molecule has 0 unspecified atom stereocenters. The molecule has 0 saturated carbocycles. The maximum atomic E-state index is 9.37. The summed E-state index contributed by atoms with van der Waals surface area (Å²) in [5, 5.41) is 9.37. The third kappa shape index (κ3) is 2.89. The summed E-state index contributed by atoms with van der Waals surface area (Å²) in [5.41, 5.74) is 0. The van der Waals surface area contributed by atoms with E-state index in [0.717, 1.165) is 12.8 Å². The lowest BCUT2D eigenvalue weighted by Crippen LogP contribution is -2.18. The molecule has 1 nitrogen and oxygen atoms in total. The monoisotopic (exact) mass is 140 g/mol. The van der Waals surface area contributed by atoms with E-state index in [1.54, 1.807) is 0 Å². The summed E-state index contributed by atoms with van der Waals surface area (Å²) in [4.78, 5) is 0. The van der Waals surface area contributed by atoms with Gasteiger partial charge in [0.2, 0.25) is 0 Å². The van der Waals surface area contributed by atoms with Gasteiger partial charge in [-0.25, -0.2) is 0 Å². The van der Waals surface area contributed by atoms with Gasteiger partial charge in [0.1, 0.15) is 0 Å². The largest absolute Gasteiger partial charge is 0.392 e. The smallest absolute Gasteiger partial charge is 0.0677 e. The van der Waals surface area contributed by atoms with Crippen molar-refractivity contribution < 1.29 is 5.11 Å². The number of aliphatic hydroxyl groups is 1. The van der Waals surface area contributed by atoms with Crippen LogP contribution in [0.15, 0.2) is 0 Å². The molecule has 1 N–H and O–H groups in total. The van der Waals surface area contributed by atoms with Gasteiger partial charge in [-0.3, -0.25) is 0 Å². The van der Waals surface area contributed by atoms with Crippen molar-refractivity contribution >= 4 is 0 Å². The van der Waals surface area contributed by atoms with E-state index in [9.17, 15) is 5.11 Å². The first kappa shape index (κ1) is 9.52. The molecule has 0 bridgehead atoms. The molecule has 58 valence electrons. The molecule has 10 heavy (non-hydrogen) atoms. The number of aliphatic hydroxyl groups excluding tert-OH is 1. The van der Waals surface area contributed by atoms with Gasteiger partial charge in [-0.05, 0) is 5.92 Å². The summed E-state index contributed by atoms with van der Waals surface area (Å²) in [6, 6.07) is 0. The third-order valence-corrected chi connectivity index (χ3v) is 1.92. The molecule has 0 radical (unpaired) electrons. The van der Waals surface area contributed by atoms with Crippen LogP contribution in [0.1, 0.15) is 33.1 Å². The van der Waals surface area contributed by atoms with Gasteiger partial charge in [-0.1, -0.05) is 26.7 Å². The molecule has 0 aromatic heterocycles. The average Bonchev–Trinajstić information content (AvgIpc) is 1.91. The highest BCUT2D eigenvalue weighted by molar-refractivity contribution is 4.88. The summed E-state index contributed by atoms with van der Waals surface area (Å²) < 4.78 is 0. The summed E-state index contributed by atoms with van der Waals surface area (Å²) in [7, 11) is 0. The quantitative estimate of drug-likeness (QED) is 0.590. The Hall–Kier alpha value is -0.480. The molecule has 0 rings (SSSR count). The molecule has 0 aliphatic carbocycles. The lowest BCUT2D eigenvalue weighted by atomic mass is 9.95. The number of hydrogen-bond donors (Lipinski definition) is 1. The summed E-state index contributed by atoms with van der Waals surface area (Å²) in [6.45, 7) is 4.15. The average molecular weight is 140 g/mol. The van der Waals surface area contributed by atoms with Crippen LogP contribution in [-0.4, -0.2) is 11.2 Å². The fraction of sp³-hybridized carbons (Fsp3) is 0.778. The van der Waals surface area contributed by atoms with Crippen LogP contribution >= 0.6 is 0 Å². The topological polar surface area (TPSA) is 20.2 Å². The highest BCUT2D eigenvalue weighted by atomic mass is 16.3. The second-order valence-corrected chi connectivity index (χ2v) is 2.55. The van der Waals surface area contributed by atoms with Gasteiger partial charge in [0.15, 0.2) is 0 Å². The summed E-state index contributed by atoms with van der Waals surface area (Å²) in [6.07, 6.45) is 7.29. The molecule has 0 heterocycles.